The first kappa shape index (κ1) is 12.7. The summed E-state index contributed by atoms with van der Waals surface area (Å²) in [7, 11) is 0. The van der Waals surface area contributed by atoms with Gasteiger partial charge in [0.15, 0.2) is 0 Å². The second-order valence-corrected chi connectivity index (χ2v) is 4.47. The number of Topliss-reactive ketones (excluding diaryl/α,β-unsaturated/α-hetero) is 1. The minimum Gasteiger partial charge on any atom is -0.298 e. The molecule has 1 aliphatic rings. The van der Waals surface area contributed by atoms with Gasteiger partial charge in [-0.05, 0) is 20.4 Å². The van der Waals surface area contributed by atoms with Crippen molar-refractivity contribution in [2.75, 3.05) is 26.2 Å². The molecule has 0 saturated carbocycles. The van der Waals surface area contributed by atoms with Crippen molar-refractivity contribution >= 4 is 5.78 Å². The first-order valence-electron chi connectivity index (χ1n) is 6.10. The second kappa shape index (κ2) is 5.61. The molecular formula is C12H24N2O. The molecule has 0 bridgehead atoms. The molecule has 1 rings (SSSR count). The number of hydrogen-bond donors (Lipinski definition) is 0. The van der Waals surface area contributed by atoms with E-state index in [1.54, 1.807) is 0 Å². The van der Waals surface area contributed by atoms with E-state index in [2.05, 4.69) is 23.6 Å². The van der Waals surface area contributed by atoms with Crippen LogP contribution in [0.1, 0.15) is 34.1 Å². The summed E-state index contributed by atoms with van der Waals surface area (Å²) in [4.78, 5) is 16.4. The molecule has 1 aliphatic heterocycles. The highest BCUT2D eigenvalue weighted by molar-refractivity contribution is 5.83. The van der Waals surface area contributed by atoms with E-state index < -0.39 is 0 Å². The van der Waals surface area contributed by atoms with Crippen molar-refractivity contribution < 1.29 is 4.79 Å². The van der Waals surface area contributed by atoms with Crippen LogP contribution in [0.2, 0.25) is 0 Å². The Hall–Kier alpha value is -0.410. The monoisotopic (exact) mass is 212 g/mol. The lowest BCUT2D eigenvalue weighted by atomic mass is 10.1. The summed E-state index contributed by atoms with van der Waals surface area (Å²) in [5.41, 5.74) is 0. The lowest BCUT2D eigenvalue weighted by Crippen LogP contribution is -2.55. The molecule has 0 radical (unpaired) electrons. The fourth-order valence-electron chi connectivity index (χ4n) is 2.34. The molecule has 1 saturated heterocycles. The van der Waals surface area contributed by atoms with Gasteiger partial charge in [-0.25, -0.2) is 0 Å². The van der Waals surface area contributed by atoms with Crippen molar-refractivity contribution in [1.82, 2.24) is 9.80 Å². The molecule has 3 nitrogen and oxygen atoms in total. The van der Waals surface area contributed by atoms with Gasteiger partial charge < -0.3 is 0 Å². The molecule has 0 amide bonds. The molecule has 1 fully saturated rings. The van der Waals surface area contributed by atoms with E-state index >= 15 is 0 Å². The van der Waals surface area contributed by atoms with Gasteiger partial charge in [0.2, 0.25) is 0 Å². The largest absolute Gasteiger partial charge is 0.298 e. The third kappa shape index (κ3) is 3.02. The molecule has 2 unspecified atom stereocenters. The van der Waals surface area contributed by atoms with Crippen LogP contribution in [0.4, 0.5) is 0 Å². The van der Waals surface area contributed by atoms with Gasteiger partial charge in [0.1, 0.15) is 5.78 Å². The predicted molar refractivity (Wildman–Crippen MR) is 63.0 cm³/mol. The van der Waals surface area contributed by atoms with Gasteiger partial charge >= 0.3 is 0 Å². The Morgan fingerprint density at radius 1 is 1.40 bits per heavy atom. The van der Waals surface area contributed by atoms with Crippen LogP contribution < -0.4 is 0 Å². The molecule has 0 N–H and O–H groups in total. The summed E-state index contributed by atoms with van der Waals surface area (Å²) in [6.07, 6.45) is 0.656. The van der Waals surface area contributed by atoms with E-state index in [1.165, 1.54) is 0 Å². The molecule has 15 heavy (non-hydrogen) atoms. The average molecular weight is 212 g/mol. The smallest absolute Gasteiger partial charge is 0.149 e. The summed E-state index contributed by atoms with van der Waals surface area (Å²) in [5.74, 6) is 0.368. The van der Waals surface area contributed by atoms with Gasteiger partial charge in [0, 0.05) is 32.1 Å². The summed E-state index contributed by atoms with van der Waals surface area (Å²) in [6, 6.07) is 0.687. The molecule has 0 spiro atoms. The van der Waals surface area contributed by atoms with Crippen LogP contribution in [-0.4, -0.2) is 53.8 Å². The quantitative estimate of drug-likeness (QED) is 0.703. The first-order chi connectivity index (χ1) is 7.10. The standard InChI is InChI=1S/C12H24N2O/c1-5-12(15)11(4)14-8-7-13(6-2)10(3)9-14/h10-11H,5-9H2,1-4H3. The van der Waals surface area contributed by atoms with Gasteiger partial charge in [-0.2, -0.15) is 0 Å². The SMILES string of the molecule is CCC(=O)C(C)N1CCN(CC)C(C)C1. The van der Waals surface area contributed by atoms with Gasteiger partial charge in [0.05, 0.1) is 6.04 Å². The summed E-state index contributed by atoms with van der Waals surface area (Å²) in [6.45, 7) is 12.7. The molecule has 1 heterocycles. The normalized spacial score (nSPS) is 26.5. The molecule has 3 heteroatoms. The second-order valence-electron chi connectivity index (χ2n) is 4.47. The number of piperazine rings is 1. The van der Waals surface area contributed by atoms with E-state index in [4.69, 9.17) is 0 Å². The maximum absolute atomic E-state index is 11.6. The van der Waals surface area contributed by atoms with Crippen molar-refractivity contribution in [2.45, 2.75) is 46.2 Å². The number of carbonyl (C=O) groups excluding carboxylic acids is 1. The molecule has 88 valence electrons. The predicted octanol–water partition coefficient (Wildman–Crippen LogP) is 1.38. The fourth-order valence-corrected chi connectivity index (χ4v) is 2.34. The molecule has 0 aromatic rings. The Balaban J connectivity index is 2.50. The lowest BCUT2D eigenvalue weighted by Gasteiger charge is -2.41. The van der Waals surface area contributed by atoms with Crippen LogP contribution in [0, 0.1) is 0 Å². The maximum atomic E-state index is 11.6. The zero-order valence-corrected chi connectivity index (χ0v) is 10.5. The molecule has 0 aromatic carbocycles. The van der Waals surface area contributed by atoms with Gasteiger partial charge in [-0.3, -0.25) is 14.6 Å². The summed E-state index contributed by atoms with van der Waals surface area (Å²) >= 11 is 0. The van der Waals surface area contributed by atoms with E-state index in [9.17, 15) is 4.79 Å². The van der Waals surface area contributed by atoms with Crippen LogP contribution >= 0.6 is 0 Å². The van der Waals surface area contributed by atoms with E-state index in [0.29, 0.717) is 18.2 Å². The minimum absolute atomic E-state index is 0.108. The van der Waals surface area contributed by atoms with Crippen LogP contribution in [0.3, 0.4) is 0 Å². The Bertz CT molecular complexity index is 218. The Morgan fingerprint density at radius 2 is 2.07 bits per heavy atom. The van der Waals surface area contributed by atoms with Crippen LogP contribution in [0.15, 0.2) is 0 Å². The highest BCUT2D eigenvalue weighted by Crippen LogP contribution is 2.12. The van der Waals surface area contributed by atoms with Crippen LogP contribution in [-0.2, 0) is 4.79 Å². The molecule has 0 aromatic heterocycles. The Kier molecular flexibility index (Phi) is 4.74. The first-order valence-corrected chi connectivity index (χ1v) is 6.10. The van der Waals surface area contributed by atoms with Crippen molar-refractivity contribution in [3.8, 4) is 0 Å². The Labute approximate surface area is 93.4 Å². The van der Waals surface area contributed by atoms with Crippen molar-refractivity contribution in [2.24, 2.45) is 0 Å². The maximum Gasteiger partial charge on any atom is 0.149 e. The number of likely N-dealkylation sites (N-methyl/N-ethyl adjacent to an activating group) is 1. The molecule has 2 atom stereocenters. The van der Waals surface area contributed by atoms with E-state index in [0.717, 1.165) is 26.2 Å². The molecule has 0 aliphatic carbocycles. The third-order valence-corrected chi connectivity index (χ3v) is 3.56. The van der Waals surface area contributed by atoms with E-state index in [1.807, 2.05) is 13.8 Å². The number of nitrogens with zero attached hydrogens (tertiary/aromatic N) is 2. The van der Waals surface area contributed by atoms with Gasteiger partial charge in [0.25, 0.3) is 0 Å². The number of carbonyl (C=O) groups is 1. The highest BCUT2D eigenvalue weighted by atomic mass is 16.1. The van der Waals surface area contributed by atoms with Crippen LogP contribution in [0.25, 0.3) is 0 Å². The average Bonchev–Trinajstić information content (AvgIpc) is 2.26. The van der Waals surface area contributed by atoms with Crippen molar-refractivity contribution in [3.05, 3.63) is 0 Å². The fraction of sp³-hybridized carbons (Fsp3) is 0.917. The van der Waals surface area contributed by atoms with Gasteiger partial charge in [-0.1, -0.05) is 13.8 Å². The van der Waals surface area contributed by atoms with Gasteiger partial charge in [-0.15, -0.1) is 0 Å². The molecular weight excluding hydrogens is 188 g/mol. The highest BCUT2D eigenvalue weighted by Gasteiger charge is 2.27. The minimum atomic E-state index is 0.108. The van der Waals surface area contributed by atoms with Crippen molar-refractivity contribution in [3.63, 3.8) is 0 Å². The van der Waals surface area contributed by atoms with Crippen molar-refractivity contribution in [1.29, 1.82) is 0 Å². The van der Waals surface area contributed by atoms with Crippen LogP contribution in [0.5, 0.6) is 0 Å². The van der Waals surface area contributed by atoms with E-state index in [-0.39, 0.29) is 6.04 Å². The Morgan fingerprint density at radius 3 is 2.53 bits per heavy atom. The summed E-state index contributed by atoms with van der Waals surface area (Å²) in [5, 5.41) is 0. The lowest BCUT2D eigenvalue weighted by molar-refractivity contribution is -0.124. The topological polar surface area (TPSA) is 23.6 Å². The zero-order chi connectivity index (χ0) is 11.4. The number of rotatable bonds is 4. The number of ketones is 1. The zero-order valence-electron chi connectivity index (χ0n) is 10.5. The summed E-state index contributed by atoms with van der Waals surface area (Å²) < 4.78 is 0. The number of hydrogen-bond acceptors (Lipinski definition) is 3. The third-order valence-electron chi connectivity index (χ3n) is 3.56.